The SMILES string of the molecule is CCc1ccc(C(C)NCC(=O)NC(C)c2cc(OC)ccc2OC)cc1. The van der Waals surface area contributed by atoms with Gasteiger partial charge in [0.05, 0.1) is 26.8 Å². The Balaban J connectivity index is 1.92. The summed E-state index contributed by atoms with van der Waals surface area (Å²) in [6, 6.07) is 14.0. The number of amides is 1. The van der Waals surface area contributed by atoms with Crippen LogP contribution in [0, 0.1) is 0 Å². The number of carbonyl (C=O) groups is 1. The van der Waals surface area contributed by atoms with E-state index in [4.69, 9.17) is 9.47 Å². The third kappa shape index (κ3) is 5.73. The second kappa shape index (κ2) is 9.97. The van der Waals surface area contributed by atoms with Crippen molar-refractivity contribution in [1.29, 1.82) is 0 Å². The average Bonchev–Trinajstić information content (AvgIpc) is 2.71. The lowest BCUT2D eigenvalue weighted by atomic mass is 10.0. The number of rotatable bonds is 9. The van der Waals surface area contributed by atoms with Gasteiger partial charge in [-0.25, -0.2) is 0 Å². The molecule has 146 valence electrons. The summed E-state index contributed by atoms with van der Waals surface area (Å²) in [7, 11) is 3.24. The van der Waals surface area contributed by atoms with Gasteiger partial charge in [-0.1, -0.05) is 31.2 Å². The minimum absolute atomic E-state index is 0.0654. The molecule has 0 aliphatic carbocycles. The van der Waals surface area contributed by atoms with Crippen LogP contribution in [-0.2, 0) is 11.2 Å². The smallest absolute Gasteiger partial charge is 0.234 e. The number of ether oxygens (including phenoxy) is 2. The molecule has 0 spiro atoms. The van der Waals surface area contributed by atoms with Crippen molar-refractivity contribution in [3.05, 3.63) is 59.2 Å². The summed E-state index contributed by atoms with van der Waals surface area (Å²) in [4.78, 5) is 12.4. The molecule has 2 aromatic rings. The fourth-order valence-electron chi connectivity index (χ4n) is 2.95. The van der Waals surface area contributed by atoms with Crippen LogP contribution in [0.25, 0.3) is 0 Å². The first-order valence-electron chi connectivity index (χ1n) is 9.32. The van der Waals surface area contributed by atoms with E-state index >= 15 is 0 Å². The maximum Gasteiger partial charge on any atom is 0.234 e. The predicted octanol–water partition coefficient (Wildman–Crippen LogP) is 3.79. The standard InChI is InChI=1S/C22H30N2O3/c1-6-17-7-9-18(10-8-17)15(2)23-14-22(25)24-16(3)20-13-19(26-4)11-12-21(20)27-5/h7-13,15-16,23H,6,14H2,1-5H3,(H,24,25). The van der Waals surface area contributed by atoms with Gasteiger partial charge in [0.15, 0.2) is 0 Å². The maximum absolute atomic E-state index is 12.4. The summed E-state index contributed by atoms with van der Waals surface area (Å²) in [6.07, 6.45) is 1.02. The fraction of sp³-hybridized carbons (Fsp3) is 0.409. The molecule has 2 aromatic carbocycles. The molecule has 5 heteroatoms. The van der Waals surface area contributed by atoms with E-state index in [1.807, 2.05) is 25.1 Å². The zero-order chi connectivity index (χ0) is 19.8. The molecule has 0 saturated heterocycles. The van der Waals surface area contributed by atoms with E-state index in [2.05, 4.69) is 48.7 Å². The monoisotopic (exact) mass is 370 g/mol. The summed E-state index contributed by atoms with van der Waals surface area (Å²) in [6.45, 7) is 6.37. The van der Waals surface area contributed by atoms with Crippen molar-refractivity contribution in [3.63, 3.8) is 0 Å². The van der Waals surface area contributed by atoms with Crippen LogP contribution in [0.2, 0.25) is 0 Å². The molecule has 0 heterocycles. The molecule has 2 atom stereocenters. The van der Waals surface area contributed by atoms with Crippen LogP contribution in [0.1, 0.15) is 49.5 Å². The molecule has 2 unspecified atom stereocenters. The molecule has 2 rings (SSSR count). The van der Waals surface area contributed by atoms with Crippen molar-refractivity contribution >= 4 is 5.91 Å². The van der Waals surface area contributed by atoms with E-state index < -0.39 is 0 Å². The highest BCUT2D eigenvalue weighted by molar-refractivity contribution is 5.78. The number of hydrogen-bond acceptors (Lipinski definition) is 4. The van der Waals surface area contributed by atoms with Crippen LogP contribution in [-0.4, -0.2) is 26.7 Å². The molecule has 2 N–H and O–H groups in total. The lowest BCUT2D eigenvalue weighted by Gasteiger charge is -2.19. The van der Waals surface area contributed by atoms with Crippen molar-refractivity contribution in [1.82, 2.24) is 10.6 Å². The molecule has 0 radical (unpaired) electrons. The van der Waals surface area contributed by atoms with Crippen LogP contribution < -0.4 is 20.1 Å². The van der Waals surface area contributed by atoms with Crippen LogP contribution in [0.5, 0.6) is 11.5 Å². The summed E-state index contributed by atoms with van der Waals surface area (Å²) < 4.78 is 10.7. The van der Waals surface area contributed by atoms with E-state index in [9.17, 15) is 4.79 Å². The zero-order valence-corrected chi connectivity index (χ0v) is 16.8. The van der Waals surface area contributed by atoms with Crippen LogP contribution in [0.15, 0.2) is 42.5 Å². The van der Waals surface area contributed by atoms with Crippen molar-refractivity contribution in [2.75, 3.05) is 20.8 Å². The highest BCUT2D eigenvalue weighted by Gasteiger charge is 2.16. The molecule has 27 heavy (non-hydrogen) atoms. The van der Waals surface area contributed by atoms with E-state index in [-0.39, 0.29) is 24.5 Å². The number of benzene rings is 2. The second-order valence-electron chi connectivity index (χ2n) is 6.59. The van der Waals surface area contributed by atoms with E-state index in [0.717, 1.165) is 23.5 Å². The van der Waals surface area contributed by atoms with E-state index in [1.165, 1.54) is 11.1 Å². The second-order valence-corrected chi connectivity index (χ2v) is 6.59. The van der Waals surface area contributed by atoms with E-state index in [1.54, 1.807) is 14.2 Å². The van der Waals surface area contributed by atoms with E-state index in [0.29, 0.717) is 0 Å². The molecular weight excluding hydrogens is 340 g/mol. The number of aryl methyl sites for hydroxylation is 1. The molecule has 5 nitrogen and oxygen atoms in total. The molecule has 0 saturated carbocycles. The Morgan fingerprint density at radius 3 is 2.30 bits per heavy atom. The highest BCUT2D eigenvalue weighted by atomic mass is 16.5. The summed E-state index contributed by atoms with van der Waals surface area (Å²) in [5.74, 6) is 1.39. The Morgan fingerprint density at radius 1 is 1.00 bits per heavy atom. The fourth-order valence-corrected chi connectivity index (χ4v) is 2.95. The molecule has 0 fully saturated rings. The number of hydrogen-bond donors (Lipinski definition) is 2. The van der Waals surface area contributed by atoms with Crippen molar-refractivity contribution in [2.45, 2.75) is 39.3 Å². The number of carbonyl (C=O) groups excluding carboxylic acids is 1. The average molecular weight is 370 g/mol. The molecular formula is C22H30N2O3. The highest BCUT2D eigenvalue weighted by Crippen LogP contribution is 2.29. The van der Waals surface area contributed by atoms with Gasteiger partial charge in [0.2, 0.25) is 5.91 Å². The van der Waals surface area contributed by atoms with Crippen LogP contribution in [0.4, 0.5) is 0 Å². The first-order valence-corrected chi connectivity index (χ1v) is 9.32. The lowest BCUT2D eigenvalue weighted by molar-refractivity contribution is -0.121. The Bertz CT molecular complexity index is 744. The normalized spacial score (nSPS) is 12.9. The lowest BCUT2D eigenvalue weighted by Crippen LogP contribution is -2.36. The zero-order valence-electron chi connectivity index (χ0n) is 16.8. The third-order valence-corrected chi connectivity index (χ3v) is 4.74. The number of nitrogens with one attached hydrogen (secondary N) is 2. The predicted molar refractivity (Wildman–Crippen MR) is 108 cm³/mol. The summed E-state index contributed by atoms with van der Waals surface area (Å²) >= 11 is 0. The van der Waals surface area contributed by atoms with Gasteiger partial charge in [-0.2, -0.15) is 0 Å². The Morgan fingerprint density at radius 2 is 1.70 bits per heavy atom. The van der Waals surface area contributed by atoms with Crippen molar-refractivity contribution in [2.24, 2.45) is 0 Å². The van der Waals surface area contributed by atoms with Gasteiger partial charge < -0.3 is 20.1 Å². The molecule has 0 aromatic heterocycles. The third-order valence-electron chi connectivity index (χ3n) is 4.74. The van der Waals surface area contributed by atoms with Gasteiger partial charge in [-0.05, 0) is 49.6 Å². The maximum atomic E-state index is 12.4. The molecule has 0 bridgehead atoms. The minimum atomic E-state index is -0.191. The van der Waals surface area contributed by atoms with Gasteiger partial charge in [-0.3, -0.25) is 4.79 Å². The minimum Gasteiger partial charge on any atom is -0.497 e. The first kappa shape index (κ1) is 20.8. The summed E-state index contributed by atoms with van der Waals surface area (Å²) in [5.41, 5.74) is 3.36. The first-order chi connectivity index (χ1) is 13.0. The quantitative estimate of drug-likeness (QED) is 0.705. The van der Waals surface area contributed by atoms with Gasteiger partial charge in [-0.15, -0.1) is 0 Å². The van der Waals surface area contributed by atoms with Crippen LogP contribution >= 0.6 is 0 Å². The Labute approximate surface area is 162 Å². The van der Waals surface area contributed by atoms with Crippen LogP contribution in [0.3, 0.4) is 0 Å². The largest absolute Gasteiger partial charge is 0.497 e. The Kier molecular flexibility index (Phi) is 7.67. The molecule has 0 aliphatic rings. The number of methoxy groups -OCH3 is 2. The molecule has 0 aliphatic heterocycles. The van der Waals surface area contributed by atoms with Gasteiger partial charge >= 0.3 is 0 Å². The van der Waals surface area contributed by atoms with Gasteiger partial charge in [0.1, 0.15) is 11.5 Å². The summed E-state index contributed by atoms with van der Waals surface area (Å²) in [5, 5.41) is 6.29. The van der Waals surface area contributed by atoms with Crippen molar-refractivity contribution < 1.29 is 14.3 Å². The molecule has 1 amide bonds. The topological polar surface area (TPSA) is 59.6 Å². The van der Waals surface area contributed by atoms with Gasteiger partial charge in [0, 0.05) is 11.6 Å². The Hall–Kier alpha value is -2.53. The van der Waals surface area contributed by atoms with Gasteiger partial charge in [0.25, 0.3) is 0 Å². The van der Waals surface area contributed by atoms with Crippen molar-refractivity contribution in [3.8, 4) is 11.5 Å².